The number of nitrogens with zero attached hydrogens (tertiary/aromatic N) is 1. The Kier molecular flexibility index (Phi) is 5.57. The Morgan fingerprint density at radius 3 is 2.30 bits per heavy atom. The molecule has 0 N–H and O–H groups in total. The van der Waals surface area contributed by atoms with Crippen molar-refractivity contribution in [3.63, 3.8) is 0 Å². The van der Waals surface area contributed by atoms with E-state index in [2.05, 4.69) is 51.8 Å². The second-order valence-corrected chi connectivity index (χ2v) is 11.2. The lowest BCUT2D eigenvalue weighted by atomic mass is 10.1. The summed E-state index contributed by atoms with van der Waals surface area (Å²) in [5.41, 5.74) is 0.931. The molecule has 0 fully saturated rings. The molecule has 0 amide bonds. The summed E-state index contributed by atoms with van der Waals surface area (Å²) >= 11 is 0. The first-order valence-corrected chi connectivity index (χ1v) is 9.77. The molecule has 106 valence electrons. The second kappa shape index (κ2) is 6.75. The zero-order valence-electron chi connectivity index (χ0n) is 13.0. The monoisotopic (exact) mass is 285 g/mol. The molecule has 3 heteroatoms. The predicted molar refractivity (Wildman–Crippen MR) is 85.6 cm³/mol. The van der Waals surface area contributed by atoms with E-state index in [1.807, 2.05) is 30.3 Å². The SMILES string of the molecule is CC(C)(C)[Si](C)(C)OC[C@H](C#N)C#Cc1ccccc1. The van der Waals surface area contributed by atoms with E-state index in [0.717, 1.165) is 5.56 Å². The van der Waals surface area contributed by atoms with Crippen LogP contribution >= 0.6 is 0 Å². The summed E-state index contributed by atoms with van der Waals surface area (Å²) in [7, 11) is -1.81. The molecule has 0 aromatic heterocycles. The smallest absolute Gasteiger partial charge is 0.192 e. The molecular weight excluding hydrogens is 262 g/mol. The van der Waals surface area contributed by atoms with Gasteiger partial charge in [-0.15, -0.1) is 0 Å². The maximum Gasteiger partial charge on any atom is 0.192 e. The summed E-state index contributed by atoms with van der Waals surface area (Å²) in [5.74, 6) is 5.66. The van der Waals surface area contributed by atoms with Crippen LogP contribution in [0.25, 0.3) is 0 Å². The zero-order chi connectivity index (χ0) is 15.2. The molecule has 0 unspecified atom stereocenters. The van der Waals surface area contributed by atoms with Crippen molar-refractivity contribution < 1.29 is 4.43 Å². The quantitative estimate of drug-likeness (QED) is 0.616. The lowest BCUT2D eigenvalue weighted by molar-refractivity contribution is 0.275. The summed E-state index contributed by atoms with van der Waals surface area (Å²) in [6.45, 7) is 11.3. The first kappa shape index (κ1) is 16.5. The van der Waals surface area contributed by atoms with E-state index < -0.39 is 8.32 Å². The molecule has 1 rings (SSSR count). The normalized spacial score (nSPS) is 13.0. The standard InChI is InChI=1S/C17H23NOSi/c1-17(2,3)20(4,5)19-14-16(13-18)12-11-15-9-7-6-8-10-15/h6-10,16H,14H2,1-5H3/t16-/m0/s1. The highest BCUT2D eigenvalue weighted by Crippen LogP contribution is 2.36. The Morgan fingerprint density at radius 2 is 1.80 bits per heavy atom. The maximum atomic E-state index is 9.19. The molecule has 0 aliphatic heterocycles. The second-order valence-electron chi connectivity index (χ2n) is 6.39. The van der Waals surface area contributed by atoms with Gasteiger partial charge < -0.3 is 4.43 Å². The summed E-state index contributed by atoms with van der Waals surface area (Å²) in [6.07, 6.45) is 0. The van der Waals surface area contributed by atoms with Gasteiger partial charge in [0.25, 0.3) is 0 Å². The third-order valence-electron chi connectivity index (χ3n) is 3.74. The van der Waals surface area contributed by atoms with Crippen molar-refractivity contribution in [2.45, 2.75) is 38.9 Å². The van der Waals surface area contributed by atoms with Crippen LogP contribution in [-0.2, 0) is 4.43 Å². The van der Waals surface area contributed by atoms with Crippen LogP contribution in [0.4, 0.5) is 0 Å². The Bertz CT molecular complexity index is 526. The van der Waals surface area contributed by atoms with E-state index in [1.54, 1.807) is 0 Å². The van der Waals surface area contributed by atoms with Crippen LogP contribution in [0.2, 0.25) is 18.1 Å². The molecule has 0 heterocycles. The van der Waals surface area contributed by atoms with E-state index in [0.29, 0.717) is 6.61 Å². The van der Waals surface area contributed by atoms with Gasteiger partial charge >= 0.3 is 0 Å². The van der Waals surface area contributed by atoms with Gasteiger partial charge in [-0.1, -0.05) is 50.8 Å². The molecule has 1 aromatic carbocycles. The van der Waals surface area contributed by atoms with E-state index >= 15 is 0 Å². The average molecular weight is 285 g/mol. The van der Waals surface area contributed by atoms with Gasteiger partial charge in [0.15, 0.2) is 8.32 Å². The lowest BCUT2D eigenvalue weighted by Crippen LogP contribution is -2.41. The van der Waals surface area contributed by atoms with Gasteiger partial charge in [-0.05, 0) is 30.3 Å². The van der Waals surface area contributed by atoms with E-state index in [-0.39, 0.29) is 11.0 Å². The average Bonchev–Trinajstić information content (AvgIpc) is 2.39. The number of hydrogen-bond donors (Lipinski definition) is 0. The summed E-state index contributed by atoms with van der Waals surface area (Å²) in [5, 5.41) is 9.34. The van der Waals surface area contributed by atoms with Crippen LogP contribution in [0, 0.1) is 29.1 Å². The van der Waals surface area contributed by atoms with Gasteiger partial charge in [0.2, 0.25) is 0 Å². The van der Waals surface area contributed by atoms with E-state index in [9.17, 15) is 5.26 Å². The van der Waals surface area contributed by atoms with Crippen LogP contribution in [0.1, 0.15) is 26.3 Å². The van der Waals surface area contributed by atoms with Crippen molar-refractivity contribution >= 4 is 8.32 Å². The molecule has 2 nitrogen and oxygen atoms in total. The summed E-state index contributed by atoms with van der Waals surface area (Å²) in [4.78, 5) is 0. The lowest BCUT2D eigenvalue weighted by Gasteiger charge is -2.36. The fourth-order valence-corrected chi connectivity index (χ4v) is 2.33. The first-order valence-electron chi connectivity index (χ1n) is 6.86. The van der Waals surface area contributed by atoms with Crippen molar-refractivity contribution in [1.29, 1.82) is 5.26 Å². The predicted octanol–water partition coefficient (Wildman–Crippen LogP) is 4.20. The largest absolute Gasteiger partial charge is 0.414 e. The third-order valence-corrected chi connectivity index (χ3v) is 8.24. The van der Waals surface area contributed by atoms with Crippen molar-refractivity contribution in [2.24, 2.45) is 5.92 Å². The number of rotatable bonds is 3. The Hall–Kier alpha value is -1.55. The van der Waals surface area contributed by atoms with Gasteiger partial charge in [-0.3, -0.25) is 0 Å². The van der Waals surface area contributed by atoms with Gasteiger partial charge in [0, 0.05) is 5.56 Å². The Morgan fingerprint density at radius 1 is 1.20 bits per heavy atom. The van der Waals surface area contributed by atoms with E-state index in [4.69, 9.17) is 4.43 Å². The minimum atomic E-state index is -1.81. The Balaban J connectivity index is 2.67. The maximum absolute atomic E-state index is 9.19. The molecule has 20 heavy (non-hydrogen) atoms. The molecule has 0 saturated heterocycles. The van der Waals surface area contributed by atoms with Crippen LogP contribution in [0.3, 0.4) is 0 Å². The number of hydrogen-bond acceptors (Lipinski definition) is 2. The topological polar surface area (TPSA) is 33.0 Å². The van der Waals surface area contributed by atoms with Gasteiger partial charge in [-0.2, -0.15) is 5.26 Å². The Labute approximate surface area is 123 Å². The van der Waals surface area contributed by atoms with Gasteiger partial charge in [0.05, 0.1) is 12.7 Å². The van der Waals surface area contributed by atoms with Crippen molar-refractivity contribution in [3.8, 4) is 17.9 Å². The molecule has 0 bridgehead atoms. The van der Waals surface area contributed by atoms with Gasteiger partial charge in [-0.25, -0.2) is 0 Å². The molecule has 0 aliphatic rings. The minimum absolute atomic E-state index is 0.153. The first-order chi connectivity index (χ1) is 9.26. The molecule has 0 aliphatic carbocycles. The zero-order valence-corrected chi connectivity index (χ0v) is 14.0. The van der Waals surface area contributed by atoms with Gasteiger partial charge in [0.1, 0.15) is 5.92 Å². The molecule has 1 aromatic rings. The van der Waals surface area contributed by atoms with Crippen molar-refractivity contribution in [1.82, 2.24) is 0 Å². The summed E-state index contributed by atoms with van der Waals surface area (Å²) < 4.78 is 6.05. The number of nitriles is 1. The molecule has 1 atom stereocenters. The summed E-state index contributed by atoms with van der Waals surface area (Å²) in [6, 6.07) is 11.9. The fraction of sp³-hybridized carbons (Fsp3) is 0.471. The fourth-order valence-electron chi connectivity index (χ4n) is 1.31. The van der Waals surface area contributed by atoms with Crippen LogP contribution < -0.4 is 0 Å². The molecule has 0 spiro atoms. The van der Waals surface area contributed by atoms with E-state index in [1.165, 1.54) is 0 Å². The highest BCUT2D eigenvalue weighted by atomic mass is 28.4. The molecule has 0 radical (unpaired) electrons. The van der Waals surface area contributed by atoms with Crippen LogP contribution in [0.5, 0.6) is 0 Å². The highest BCUT2D eigenvalue weighted by Gasteiger charge is 2.37. The number of benzene rings is 1. The molecular formula is C17H23NOSi. The highest BCUT2D eigenvalue weighted by molar-refractivity contribution is 6.74. The van der Waals surface area contributed by atoms with Crippen LogP contribution in [-0.4, -0.2) is 14.9 Å². The van der Waals surface area contributed by atoms with Crippen LogP contribution in [0.15, 0.2) is 30.3 Å². The van der Waals surface area contributed by atoms with Crippen molar-refractivity contribution in [3.05, 3.63) is 35.9 Å². The van der Waals surface area contributed by atoms with Crippen molar-refractivity contribution in [2.75, 3.05) is 6.61 Å². The minimum Gasteiger partial charge on any atom is -0.414 e. The third kappa shape index (κ3) is 4.85. The molecule has 0 saturated carbocycles.